The highest BCUT2D eigenvalue weighted by atomic mass is 15.3. The number of hydrogen-bond acceptors (Lipinski definition) is 2. The van der Waals surface area contributed by atoms with E-state index in [4.69, 9.17) is 0 Å². The van der Waals surface area contributed by atoms with Crippen LogP contribution in [0.25, 0.3) is 0 Å². The molecule has 1 aliphatic rings. The van der Waals surface area contributed by atoms with Crippen molar-refractivity contribution in [2.75, 3.05) is 0 Å². The highest BCUT2D eigenvalue weighted by molar-refractivity contribution is 5.27. The Labute approximate surface area is 124 Å². The Hall–Kier alpha value is -0.830. The predicted octanol–water partition coefficient (Wildman–Crippen LogP) is 4.14. The lowest BCUT2D eigenvalue weighted by molar-refractivity contribution is 0.268. The average molecular weight is 277 g/mol. The first-order valence-corrected chi connectivity index (χ1v) is 8.34. The first-order chi connectivity index (χ1) is 9.54. The third-order valence-corrected chi connectivity index (χ3v) is 5.04. The smallest absolute Gasteiger partial charge is 0.0644 e. The van der Waals surface area contributed by atoms with Crippen molar-refractivity contribution in [3.63, 3.8) is 0 Å². The van der Waals surface area contributed by atoms with E-state index in [1.807, 2.05) is 0 Å². The summed E-state index contributed by atoms with van der Waals surface area (Å²) in [6, 6.07) is 1.00. The van der Waals surface area contributed by atoms with Crippen LogP contribution in [-0.4, -0.2) is 15.8 Å². The molecule has 2 atom stereocenters. The van der Waals surface area contributed by atoms with Crippen LogP contribution in [0.4, 0.5) is 0 Å². The zero-order chi connectivity index (χ0) is 14.7. The normalized spacial score (nSPS) is 20.1. The molecular weight excluding hydrogens is 246 g/mol. The van der Waals surface area contributed by atoms with Gasteiger partial charge in [-0.25, -0.2) is 0 Å². The summed E-state index contributed by atoms with van der Waals surface area (Å²) in [5, 5.41) is 8.48. The van der Waals surface area contributed by atoms with Crippen LogP contribution in [-0.2, 0) is 6.54 Å². The van der Waals surface area contributed by atoms with E-state index in [9.17, 15) is 0 Å². The molecule has 1 aromatic rings. The molecule has 0 amide bonds. The van der Waals surface area contributed by atoms with Crippen molar-refractivity contribution in [1.29, 1.82) is 0 Å². The summed E-state index contributed by atoms with van der Waals surface area (Å²) in [7, 11) is 0. The van der Waals surface area contributed by atoms with E-state index in [0.29, 0.717) is 12.1 Å². The zero-order valence-electron chi connectivity index (χ0n) is 13.9. The maximum Gasteiger partial charge on any atom is 0.0644 e. The zero-order valence-corrected chi connectivity index (χ0v) is 13.9. The maximum atomic E-state index is 4.65. The van der Waals surface area contributed by atoms with Crippen LogP contribution in [0.2, 0.25) is 0 Å². The lowest BCUT2D eigenvalue weighted by Gasteiger charge is -2.31. The molecule has 1 N–H and O–H groups in total. The van der Waals surface area contributed by atoms with Crippen molar-refractivity contribution in [1.82, 2.24) is 15.1 Å². The van der Waals surface area contributed by atoms with Gasteiger partial charge in [-0.1, -0.05) is 19.3 Å². The molecule has 0 saturated heterocycles. The molecule has 20 heavy (non-hydrogen) atoms. The Kier molecular flexibility index (Phi) is 5.25. The van der Waals surface area contributed by atoms with Crippen LogP contribution in [0.5, 0.6) is 0 Å². The van der Waals surface area contributed by atoms with E-state index in [-0.39, 0.29) is 0 Å². The lowest BCUT2D eigenvalue weighted by atomic mass is 9.84. The molecule has 1 heterocycles. The van der Waals surface area contributed by atoms with Gasteiger partial charge in [-0.05, 0) is 53.4 Å². The van der Waals surface area contributed by atoms with Gasteiger partial charge in [-0.2, -0.15) is 5.10 Å². The van der Waals surface area contributed by atoms with Gasteiger partial charge in [0.15, 0.2) is 0 Å². The van der Waals surface area contributed by atoms with E-state index in [1.165, 1.54) is 49.1 Å². The van der Waals surface area contributed by atoms with Crippen LogP contribution in [0.3, 0.4) is 0 Å². The lowest BCUT2D eigenvalue weighted by Crippen LogP contribution is -2.36. The van der Waals surface area contributed by atoms with Crippen LogP contribution in [0.1, 0.15) is 75.9 Å². The fraction of sp³-hybridized carbons (Fsp3) is 0.824. The van der Waals surface area contributed by atoms with Crippen LogP contribution in [0.15, 0.2) is 0 Å². The van der Waals surface area contributed by atoms with Crippen LogP contribution < -0.4 is 5.32 Å². The molecule has 3 nitrogen and oxygen atoms in total. The van der Waals surface area contributed by atoms with Crippen molar-refractivity contribution in [3.05, 3.63) is 17.0 Å². The highest BCUT2D eigenvalue weighted by Gasteiger charge is 2.24. The fourth-order valence-corrected chi connectivity index (χ4v) is 3.89. The van der Waals surface area contributed by atoms with Gasteiger partial charge < -0.3 is 5.32 Å². The third-order valence-electron chi connectivity index (χ3n) is 5.04. The number of nitrogens with zero attached hydrogens (tertiary/aromatic N) is 2. The van der Waals surface area contributed by atoms with Gasteiger partial charge >= 0.3 is 0 Å². The number of aryl methyl sites for hydroxylation is 2. The molecule has 2 unspecified atom stereocenters. The van der Waals surface area contributed by atoms with Gasteiger partial charge in [0.1, 0.15) is 0 Å². The van der Waals surface area contributed by atoms with E-state index in [2.05, 4.69) is 49.7 Å². The molecule has 0 aromatic carbocycles. The van der Waals surface area contributed by atoms with E-state index < -0.39 is 0 Å². The Morgan fingerprint density at radius 1 is 1.20 bits per heavy atom. The second kappa shape index (κ2) is 6.75. The Bertz CT molecular complexity index is 430. The molecule has 1 fully saturated rings. The number of rotatable bonds is 5. The first kappa shape index (κ1) is 15.6. The molecule has 0 bridgehead atoms. The van der Waals surface area contributed by atoms with Gasteiger partial charge in [-0.15, -0.1) is 0 Å². The molecule has 0 radical (unpaired) electrons. The standard InChI is InChI=1S/C17H31N3/c1-6-20-15(5)17(14(4)19-20)13(3)18-12(2)16-10-8-7-9-11-16/h12-13,16,18H,6-11H2,1-5H3. The summed E-state index contributed by atoms with van der Waals surface area (Å²) in [4.78, 5) is 0. The third kappa shape index (κ3) is 3.25. The van der Waals surface area contributed by atoms with Gasteiger partial charge in [-0.3, -0.25) is 4.68 Å². The summed E-state index contributed by atoms with van der Waals surface area (Å²) < 4.78 is 2.12. The molecule has 1 aliphatic carbocycles. The molecular formula is C17H31N3. The largest absolute Gasteiger partial charge is 0.307 e. The van der Waals surface area contributed by atoms with Crippen molar-refractivity contribution in [2.45, 2.75) is 85.4 Å². The summed E-state index contributed by atoms with van der Waals surface area (Å²) in [6.07, 6.45) is 7.05. The number of hydrogen-bond donors (Lipinski definition) is 1. The minimum absolute atomic E-state index is 0.396. The Morgan fingerprint density at radius 2 is 1.85 bits per heavy atom. The molecule has 114 valence electrons. The maximum absolute atomic E-state index is 4.65. The second-order valence-electron chi connectivity index (χ2n) is 6.48. The minimum Gasteiger partial charge on any atom is -0.307 e. The van der Waals surface area contributed by atoms with Gasteiger partial charge in [0.05, 0.1) is 5.69 Å². The van der Waals surface area contributed by atoms with Gasteiger partial charge in [0.25, 0.3) is 0 Å². The minimum atomic E-state index is 0.396. The quantitative estimate of drug-likeness (QED) is 0.876. The van der Waals surface area contributed by atoms with Gasteiger partial charge in [0.2, 0.25) is 0 Å². The van der Waals surface area contributed by atoms with E-state index in [1.54, 1.807) is 0 Å². The molecule has 3 heteroatoms. The Morgan fingerprint density at radius 3 is 2.40 bits per heavy atom. The summed E-state index contributed by atoms with van der Waals surface area (Å²) in [5.74, 6) is 0.855. The molecule has 2 rings (SSSR count). The fourth-order valence-electron chi connectivity index (χ4n) is 3.89. The monoisotopic (exact) mass is 277 g/mol. The number of aromatic nitrogens is 2. The number of nitrogens with one attached hydrogen (secondary N) is 1. The predicted molar refractivity (Wildman–Crippen MR) is 85.0 cm³/mol. The van der Waals surface area contributed by atoms with Crippen molar-refractivity contribution in [2.24, 2.45) is 5.92 Å². The topological polar surface area (TPSA) is 29.9 Å². The second-order valence-corrected chi connectivity index (χ2v) is 6.48. The van der Waals surface area contributed by atoms with Crippen LogP contribution >= 0.6 is 0 Å². The van der Waals surface area contributed by atoms with E-state index in [0.717, 1.165) is 12.5 Å². The summed E-state index contributed by atoms with van der Waals surface area (Å²) in [6.45, 7) is 12.1. The Balaban J connectivity index is 2.03. The molecule has 1 aromatic heterocycles. The van der Waals surface area contributed by atoms with Gasteiger partial charge in [0, 0.05) is 29.9 Å². The van der Waals surface area contributed by atoms with Crippen molar-refractivity contribution < 1.29 is 0 Å². The van der Waals surface area contributed by atoms with Crippen LogP contribution in [0, 0.1) is 19.8 Å². The van der Waals surface area contributed by atoms with Crippen molar-refractivity contribution >= 4 is 0 Å². The first-order valence-electron chi connectivity index (χ1n) is 8.34. The molecule has 0 spiro atoms. The highest BCUT2D eigenvalue weighted by Crippen LogP contribution is 2.28. The SMILES string of the molecule is CCn1nc(C)c(C(C)NC(C)C2CCCCC2)c1C. The van der Waals surface area contributed by atoms with Crippen molar-refractivity contribution in [3.8, 4) is 0 Å². The molecule has 0 aliphatic heterocycles. The summed E-state index contributed by atoms with van der Waals surface area (Å²) in [5.41, 5.74) is 3.90. The molecule has 1 saturated carbocycles. The summed E-state index contributed by atoms with van der Waals surface area (Å²) >= 11 is 0. The average Bonchev–Trinajstić information content (AvgIpc) is 2.74. The van der Waals surface area contributed by atoms with E-state index >= 15 is 0 Å².